The summed E-state index contributed by atoms with van der Waals surface area (Å²) >= 11 is 9.57. The fourth-order valence-electron chi connectivity index (χ4n) is 0.728. The van der Waals surface area contributed by atoms with E-state index in [9.17, 15) is 8.42 Å². The molecule has 7 heteroatoms. The average molecular weight is 394 g/mol. The molecule has 0 saturated heterocycles. The Kier molecular flexibility index (Phi) is 3.56. The van der Waals surface area contributed by atoms with E-state index in [0.29, 0.717) is 8.95 Å². The zero-order chi connectivity index (χ0) is 10.2. The van der Waals surface area contributed by atoms with E-state index in [2.05, 4.69) is 47.8 Å². The summed E-state index contributed by atoms with van der Waals surface area (Å²) in [5.41, 5.74) is 0. The quantitative estimate of drug-likeness (QED) is 0.745. The molecule has 0 aliphatic heterocycles. The molecule has 0 aliphatic rings. The highest BCUT2D eigenvalue weighted by Crippen LogP contribution is 2.35. The van der Waals surface area contributed by atoms with Gasteiger partial charge in [0, 0.05) is 8.95 Å². The molecule has 3 nitrogen and oxygen atoms in total. The topological polar surface area (TPSA) is 60.2 Å². The molecule has 0 aromatic heterocycles. The number of hydrogen-bond acceptors (Lipinski definition) is 2. The molecule has 0 heterocycles. The third-order valence-electron chi connectivity index (χ3n) is 1.31. The van der Waals surface area contributed by atoms with Crippen LogP contribution in [0.25, 0.3) is 0 Å². The number of halogens is 3. The van der Waals surface area contributed by atoms with Crippen LogP contribution in [0.4, 0.5) is 0 Å². The lowest BCUT2D eigenvalue weighted by Gasteiger charge is -2.04. The molecule has 0 bridgehead atoms. The third-order valence-corrected chi connectivity index (χ3v) is 5.89. The minimum atomic E-state index is -3.67. The van der Waals surface area contributed by atoms with E-state index in [4.69, 9.17) is 5.14 Å². The van der Waals surface area contributed by atoms with Gasteiger partial charge in [0.2, 0.25) is 10.0 Å². The molecule has 72 valence electrons. The van der Waals surface area contributed by atoms with E-state index in [1.54, 1.807) is 6.07 Å². The van der Waals surface area contributed by atoms with Crippen LogP contribution in [-0.4, -0.2) is 8.42 Å². The number of benzene rings is 1. The first kappa shape index (κ1) is 11.6. The van der Waals surface area contributed by atoms with Gasteiger partial charge in [-0.25, -0.2) is 13.6 Å². The number of primary sulfonamides is 1. The van der Waals surface area contributed by atoms with Crippen LogP contribution >= 0.6 is 47.8 Å². The summed E-state index contributed by atoms with van der Waals surface area (Å²) in [5, 5.41) is 4.98. The highest BCUT2D eigenvalue weighted by Gasteiger charge is 2.15. The van der Waals surface area contributed by atoms with Crippen molar-refractivity contribution in [3.63, 3.8) is 0 Å². The Balaban J connectivity index is 3.53. The normalized spacial score (nSPS) is 11.7. The van der Waals surface area contributed by atoms with Gasteiger partial charge in [-0.2, -0.15) is 0 Å². The first-order valence-electron chi connectivity index (χ1n) is 3.00. The first-order valence-corrected chi connectivity index (χ1v) is 6.93. The van der Waals surface area contributed by atoms with Gasteiger partial charge in [-0.3, -0.25) is 0 Å². The summed E-state index contributed by atoms with van der Waals surface area (Å²) in [6, 6.07) is 3.03. The Hall–Kier alpha value is 0.570. The molecule has 1 aromatic carbocycles. The molecule has 1 aromatic rings. The molecular weight excluding hydrogens is 390 g/mol. The van der Waals surface area contributed by atoms with E-state index in [0.717, 1.165) is 4.47 Å². The Morgan fingerprint density at radius 3 is 2.08 bits per heavy atom. The second-order valence-electron chi connectivity index (χ2n) is 2.22. The highest BCUT2D eigenvalue weighted by molar-refractivity contribution is 9.14. The summed E-state index contributed by atoms with van der Waals surface area (Å²) in [4.78, 5) is 0.0579. The van der Waals surface area contributed by atoms with Crippen LogP contribution in [0.1, 0.15) is 0 Å². The van der Waals surface area contributed by atoms with Crippen molar-refractivity contribution in [3.8, 4) is 0 Å². The maximum absolute atomic E-state index is 11.0. The highest BCUT2D eigenvalue weighted by atomic mass is 79.9. The zero-order valence-electron chi connectivity index (χ0n) is 6.09. The van der Waals surface area contributed by atoms with Gasteiger partial charge < -0.3 is 0 Å². The monoisotopic (exact) mass is 391 g/mol. The number of hydrogen-bond donors (Lipinski definition) is 1. The van der Waals surface area contributed by atoms with E-state index in [1.807, 2.05) is 0 Å². The summed E-state index contributed by atoms with van der Waals surface area (Å²) in [5.74, 6) is 0. The molecule has 0 saturated carbocycles. The summed E-state index contributed by atoms with van der Waals surface area (Å²) in [6.07, 6.45) is 0. The number of sulfonamides is 1. The average Bonchev–Trinajstić information content (AvgIpc) is 1.98. The minimum Gasteiger partial charge on any atom is -0.225 e. The zero-order valence-corrected chi connectivity index (χ0v) is 11.7. The second kappa shape index (κ2) is 3.98. The van der Waals surface area contributed by atoms with Crippen LogP contribution in [0.2, 0.25) is 0 Å². The molecule has 0 spiro atoms. The Bertz CT molecular complexity index is 443. The molecule has 0 aliphatic carbocycles. The molecule has 13 heavy (non-hydrogen) atoms. The van der Waals surface area contributed by atoms with Crippen molar-refractivity contribution in [2.24, 2.45) is 5.14 Å². The minimum absolute atomic E-state index is 0.0579. The summed E-state index contributed by atoms with van der Waals surface area (Å²) in [6.45, 7) is 0. The third kappa shape index (κ3) is 2.53. The second-order valence-corrected chi connectivity index (χ2v) is 6.19. The molecular formula is C6H4Br3NO2S. The van der Waals surface area contributed by atoms with Gasteiger partial charge in [0.15, 0.2) is 0 Å². The van der Waals surface area contributed by atoms with Crippen molar-refractivity contribution in [1.29, 1.82) is 0 Å². The Labute approximate surface area is 101 Å². The molecule has 0 unspecified atom stereocenters. The smallest absolute Gasteiger partial charge is 0.225 e. The van der Waals surface area contributed by atoms with Gasteiger partial charge in [0.1, 0.15) is 0 Å². The molecule has 0 atom stereocenters. The standard InChI is InChI=1S/C6H4Br3NO2S/c7-3-1-2-4(13(10,11)12)6(9)5(3)8/h1-2H,(H2,10,11,12). The van der Waals surface area contributed by atoms with E-state index >= 15 is 0 Å². The van der Waals surface area contributed by atoms with Gasteiger partial charge in [0.05, 0.1) is 9.37 Å². The van der Waals surface area contributed by atoms with Gasteiger partial charge in [0.25, 0.3) is 0 Å². The number of rotatable bonds is 1. The largest absolute Gasteiger partial charge is 0.239 e. The van der Waals surface area contributed by atoms with Crippen molar-refractivity contribution in [2.75, 3.05) is 0 Å². The molecule has 0 radical (unpaired) electrons. The maximum atomic E-state index is 11.0. The van der Waals surface area contributed by atoms with Crippen LogP contribution in [-0.2, 0) is 10.0 Å². The molecule has 0 amide bonds. The van der Waals surface area contributed by atoms with E-state index in [-0.39, 0.29) is 4.90 Å². The predicted octanol–water partition coefficient (Wildman–Crippen LogP) is 2.62. The molecule has 0 fully saturated rings. The van der Waals surface area contributed by atoms with Crippen LogP contribution in [0.3, 0.4) is 0 Å². The van der Waals surface area contributed by atoms with Gasteiger partial charge in [-0.1, -0.05) is 0 Å². The lowest BCUT2D eigenvalue weighted by atomic mass is 10.4. The van der Waals surface area contributed by atoms with Crippen molar-refractivity contribution in [3.05, 3.63) is 25.6 Å². The Morgan fingerprint density at radius 1 is 1.08 bits per heavy atom. The van der Waals surface area contributed by atoms with Crippen molar-refractivity contribution in [2.45, 2.75) is 4.90 Å². The van der Waals surface area contributed by atoms with Gasteiger partial charge >= 0.3 is 0 Å². The SMILES string of the molecule is NS(=O)(=O)c1ccc(Br)c(Br)c1Br. The van der Waals surface area contributed by atoms with Crippen molar-refractivity contribution in [1.82, 2.24) is 0 Å². The van der Waals surface area contributed by atoms with E-state index in [1.165, 1.54) is 6.07 Å². The lowest BCUT2D eigenvalue weighted by molar-refractivity contribution is 0.597. The van der Waals surface area contributed by atoms with Crippen LogP contribution < -0.4 is 5.14 Å². The van der Waals surface area contributed by atoms with Crippen LogP contribution in [0.15, 0.2) is 30.4 Å². The Morgan fingerprint density at radius 2 is 1.62 bits per heavy atom. The van der Waals surface area contributed by atoms with Gasteiger partial charge in [-0.05, 0) is 59.9 Å². The maximum Gasteiger partial charge on any atom is 0.239 e. The lowest BCUT2D eigenvalue weighted by Crippen LogP contribution is -2.12. The number of nitrogens with two attached hydrogens (primary N) is 1. The first-order chi connectivity index (χ1) is 5.84. The summed E-state index contributed by atoms with van der Waals surface area (Å²) < 4.78 is 23.9. The summed E-state index contributed by atoms with van der Waals surface area (Å²) in [7, 11) is -3.67. The molecule has 2 N–H and O–H groups in total. The van der Waals surface area contributed by atoms with Crippen molar-refractivity contribution >= 4 is 57.8 Å². The predicted molar refractivity (Wildman–Crippen MR) is 60.9 cm³/mol. The van der Waals surface area contributed by atoms with E-state index < -0.39 is 10.0 Å². The van der Waals surface area contributed by atoms with Crippen LogP contribution in [0, 0.1) is 0 Å². The fraction of sp³-hybridized carbons (Fsp3) is 0. The van der Waals surface area contributed by atoms with Crippen molar-refractivity contribution < 1.29 is 8.42 Å². The fourth-order valence-corrected chi connectivity index (χ4v) is 3.43. The molecule has 1 rings (SSSR count). The van der Waals surface area contributed by atoms with Crippen LogP contribution in [0.5, 0.6) is 0 Å². The van der Waals surface area contributed by atoms with Gasteiger partial charge in [-0.15, -0.1) is 0 Å².